The van der Waals surface area contributed by atoms with Crippen LogP contribution in [-0.2, 0) is 0 Å². The number of benzene rings is 3. The molecule has 0 unspecified atom stereocenters. The third-order valence-electron chi connectivity index (χ3n) is 8.27. The van der Waals surface area contributed by atoms with Crippen molar-refractivity contribution in [1.29, 1.82) is 5.26 Å². The summed E-state index contributed by atoms with van der Waals surface area (Å²) in [7, 11) is 0. The van der Waals surface area contributed by atoms with Gasteiger partial charge in [-0.05, 0) is 72.9 Å². The Bertz CT molecular complexity index is 1550. The summed E-state index contributed by atoms with van der Waals surface area (Å²) in [5, 5.41) is 9.28. The minimum Gasteiger partial charge on any atom is -0.494 e. The quantitative estimate of drug-likeness (QED) is 0.0440. The summed E-state index contributed by atoms with van der Waals surface area (Å²) in [5.74, 6) is 2.25. The van der Waals surface area contributed by atoms with Gasteiger partial charge in [-0.1, -0.05) is 127 Å². The molecule has 0 saturated carbocycles. The van der Waals surface area contributed by atoms with E-state index in [1.54, 1.807) is 6.08 Å². The summed E-state index contributed by atoms with van der Waals surface area (Å²) >= 11 is 0. The first-order valence-electron chi connectivity index (χ1n) is 18.2. The molecule has 3 rings (SSSR count). The first-order chi connectivity index (χ1) is 24.1. The first kappa shape index (κ1) is 38.7. The summed E-state index contributed by atoms with van der Waals surface area (Å²) in [6.45, 7) is 16.3. The molecule has 5 heteroatoms. The highest BCUT2D eigenvalue weighted by Gasteiger charge is 2.13. The molecule has 0 aliphatic heterocycles. The Morgan fingerprint density at radius 3 is 1.69 bits per heavy atom. The maximum Gasteiger partial charge on any atom is 0.195 e. The summed E-state index contributed by atoms with van der Waals surface area (Å²) in [4.78, 5) is 3.92. The number of hydrogen-bond acceptors (Lipinski definition) is 4. The van der Waals surface area contributed by atoms with Crippen LogP contribution in [0.1, 0.15) is 126 Å². The van der Waals surface area contributed by atoms with E-state index in [0.29, 0.717) is 37.0 Å². The zero-order valence-corrected chi connectivity index (χ0v) is 29.9. The van der Waals surface area contributed by atoms with Crippen LogP contribution in [0.3, 0.4) is 0 Å². The fraction of sp³-hybridized carbons (Fsp3) is 0.409. The number of nitriles is 1. The van der Waals surface area contributed by atoms with E-state index in [0.717, 1.165) is 59.3 Å². The van der Waals surface area contributed by atoms with E-state index in [-0.39, 0.29) is 0 Å². The van der Waals surface area contributed by atoms with Gasteiger partial charge in [0.2, 0.25) is 0 Å². The van der Waals surface area contributed by atoms with E-state index in [1.807, 2.05) is 73.7 Å². The lowest BCUT2D eigenvalue weighted by atomic mass is 10.0. The summed E-state index contributed by atoms with van der Waals surface area (Å²) in [6, 6.07) is 22.1. The number of hydrogen-bond donors (Lipinski definition) is 0. The van der Waals surface area contributed by atoms with Crippen LogP contribution >= 0.6 is 0 Å². The molecule has 5 nitrogen and oxygen atoms in total. The number of unbranched alkanes of at least 4 members (excludes halogenated alkanes) is 10. The normalized spacial score (nSPS) is 11.5. The fourth-order valence-electron chi connectivity index (χ4n) is 5.47. The predicted octanol–water partition coefficient (Wildman–Crippen LogP) is 12.7. The number of nitrogens with zero attached hydrogens (tertiary/aromatic N) is 2. The second-order valence-corrected chi connectivity index (χ2v) is 12.2. The van der Waals surface area contributed by atoms with Crippen molar-refractivity contribution in [1.82, 2.24) is 0 Å². The molecule has 0 aliphatic rings. The molecule has 0 heterocycles. The highest BCUT2D eigenvalue weighted by atomic mass is 16.5. The number of allylic oxidation sites excluding steroid dienone is 1. The van der Waals surface area contributed by atoms with Gasteiger partial charge in [0.25, 0.3) is 0 Å². The monoisotopic (exact) mass is 658 g/mol. The Morgan fingerprint density at radius 1 is 0.653 bits per heavy atom. The van der Waals surface area contributed by atoms with Gasteiger partial charge in [0, 0.05) is 17.2 Å². The lowest BCUT2D eigenvalue weighted by Gasteiger charge is -2.16. The van der Waals surface area contributed by atoms with Crippen molar-refractivity contribution in [2.75, 3.05) is 19.8 Å². The van der Waals surface area contributed by atoms with Crippen LogP contribution in [0.25, 0.3) is 34.8 Å². The van der Waals surface area contributed by atoms with Crippen LogP contribution in [-0.4, -0.2) is 19.8 Å². The van der Waals surface area contributed by atoms with Crippen LogP contribution in [0.15, 0.2) is 66.7 Å². The van der Waals surface area contributed by atoms with Gasteiger partial charge in [-0.3, -0.25) is 0 Å². The van der Waals surface area contributed by atoms with Gasteiger partial charge in [-0.15, -0.1) is 0 Å². The molecular formula is C44H54N2O3. The van der Waals surface area contributed by atoms with Crippen LogP contribution in [0.2, 0.25) is 0 Å². The van der Waals surface area contributed by atoms with Crippen molar-refractivity contribution in [3.63, 3.8) is 0 Å². The Kier molecular flexibility index (Phi) is 18.6. The minimum atomic E-state index is 0.522. The molecule has 3 aromatic carbocycles. The number of ether oxygens (including phenoxy) is 3. The second kappa shape index (κ2) is 23.6. The Morgan fingerprint density at radius 2 is 1.16 bits per heavy atom. The molecular weight excluding hydrogens is 604 g/mol. The lowest BCUT2D eigenvalue weighted by Crippen LogP contribution is -2.03. The zero-order chi connectivity index (χ0) is 34.9. The van der Waals surface area contributed by atoms with Crippen molar-refractivity contribution in [2.24, 2.45) is 0 Å². The Hall–Kier alpha value is -4.74. The Balaban J connectivity index is 1.84. The van der Waals surface area contributed by atoms with E-state index in [2.05, 4.69) is 36.9 Å². The zero-order valence-electron chi connectivity index (χ0n) is 29.9. The van der Waals surface area contributed by atoms with E-state index in [9.17, 15) is 5.26 Å². The van der Waals surface area contributed by atoms with E-state index >= 15 is 0 Å². The second-order valence-electron chi connectivity index (χ2n) is 12.2. The van der Waals surface area contributed by atoms with Gasteiger partial charge in [0.15, 0.2) is 5.70 Å². The minimum absolute atomic E-state index is 0.522. The van der Waals surface area contributed by atoms with Gasteiger partial charge in [-0.25, -0.2) is 4.85 Å². The SMILES string of the molecule is [C-]#[N+]C(=Cc1cc(OCCCCCCCC)c(C=CC#N)cc1OCCCCCCCC)c1ccc(C=Cc2ccc(OCC)cc2)cc1. The average Bonchev–Trinajstić information content (AvgIpc) is 3.13. The van der Waals surface area contributed by atoms with Crippen molar-refractivity contribution in [3.8, 4) is 23.3 Å². The van der Waals surface area contributed by atoms with E-state index < -0.39 is 0 Å². The predicted molar refractivity (Wildman–Crippen MR) is 206 cm³/mol. The molecule has 3 aromatic rings. The third-order valence-corrected chi connectivity index (χ3v) is 8.27. The molecule has 0 aliphatic carbocycles. The molecule has 0 amide bonds. The fourth-order valence-corrected chi connectivity index (χ4v) is 5.47. The van der Waals surface area contributed by atoms with Gasteiger partial charge >= 0.3 is 0 Å². The summed E-state index contributed by atoms with van der Waals surface area (Å²) < 4.78 is 18.2. The standard InChI is InChI=1S/C44H54N2O3/c1-5-8-10-12-14-16-31-48-43-35-40(44(34-39(43)19-18-30-45)49-32-17-15-13-11-9-6-2)33-42(46-4)38-26-22-36(23-27-38)20-21-37-24-28-41(29-25-37)47-7-3/h18-29,33-35H,5-17,31-32H2,1-3H3. The molecule has 0 aromatic heterocycles. The van der Waals surface area contributed by atoms with Crippen LogP contribution in [0.4, 0.5) is 0 Å². The van der Waals surface area contributed by atoms with Crippen molar-refractivity contribution >= 4 is 30.0 Å². The van der Waals surface area contributed by atoms with E-state index in [4.69, 9.17) is 20.8 Å². The van der Waals surface area contributed by atoms with Gasteiger partial charge in [0.05, 0.1) is 32.5 Å². The van der Waals surface area contributed by atoms with Gasteiger partial charge in [-0.2, -0.15) is 5.26 Å². The molecule has 0 bridgehead atoms. The molecule has 0 radical (unpaired) electrons. The molecule has 49 heavy (non-hydrogen) atoms. The highest BCUT2D eigenvalue weighted by molar-refractivity contribution is 5.88. The molecule has 0 N–H and O–H groups in total. The average molecular weight is 659 g/mol. The van der Waals surface area contributed by atoms with Crippen LogP contribution < -0.4 is 14.2 Å². The van der Waals surface area contributed by atoms with Crippen LogP contribution in [0.5, 0.6) is 17.2 Å². The van der Waals surface area contributed by atoms with Gasteiger partial charge < -0.3 is 14.2 Å². The smallest absolute Gasteiger partial charge is 0.195 e. The van der Waals surface area contributed by atoms with Gasteiger partial charge in [0.1, 0.15) is 17.2 Å². The highest BCUT2D eigenvalue weighted by Crippen LogP contribution is 2.34. The number of rotatable bonds is 23. The molecule has 0 atom stereocenters. The maximum absolute atomic E-state index is 9.28. The largest absolute Gasteiger partial charge is 0.494 e. The molecule has 0 spiro atoms. The van der Waals surface area contributed by atoms with E-state index in [1.165, 1.54) is 57.4 Å². The molecule has 0 fully saturated rings. The molecule has 0 saturated heterocycles. The van der Waals surface area contributed by atoms with Crippen molar-refractivity contribution < 1.29 is 14.2 Å². The van der Waals surface area contributed by atoms with Crippen molar-refractivity contribution in [2.45, 2.75) is 97.8 Å². The Labute approximate surface area is 295 Å². The summed E-state index contributed by atoms with van der Waals surface area (Å²) in [6.07, 6.45) is 23.4. The van der Waals surface area contributed by atoms with Crippen molar-refractivity contribution in [3.05, 3.63) is 106 Å². The maximum atomic E-state index is 9.28. The molecule has 258 valence electrons. The topological polar surface area (TPSA) is 55.8 Å². The van der Waals surface area contributed by atoms with Crippen LogP contribution in [0, 0.1) is 17.9 Å². The third kappa shape index (κ3) is 14.5. The summed E-state index contributed by atoms with van der Waals surface area (Å²) in [5.41, 5.74) is 5.08. The first-order valence-corrected chi connectivity index (χ1v) is 18.2. The lowest BCUT2D eigenvalue weighted by molar-refractivity contribution is 0.295.